The molecule has 2 bridgehead atoms. The van der Waals surface area contributed by atoms with Gasteiger partial charge in [0, 0.05) is 39.1 Å². The van der Waals surface area contributed by atoms with Gasteiger partial charge in [-0.3, -0.25) is 4.55 Å². The minimum absolute atomic E-state index is 0.278. The van der Waals surface area contributed by atoms with Gasteiger partial charge in [0.05, 0.1) is 6.04 Å². The molecule has 2 amide bonds. The Labute approximate surface area is 162 Å². The number of amides is 2. The topological polar surface area (TPSA) is 141 Å². The Morgan fingerprint density at radius 1 is 1.25 bits per heavy atom. The van der Waals surface area contributed by atoms with Crippen LogP contribution >= 0.6 is 0 Å². The molecule has 156 valence electrons. The van der Waals surface area contributed by atoms with Crippen LogP contribution in [0.5, 0.6) is 0 Å². The number of hydroxylamine groups is 2. The maximum atomic E-state index is 12.5. The zero-order valence-corrected chi connectivity index (χ0v) is 16.2. The van der Waals surface area contributed by atoms with Crippen LogP contribution in [0, 0.1) is 0 Å². The van der Waals surface area contributed by atoms with Crippen LogP contribution in [-0.2, 0) is 21.1 Å². The molecule has 0 spiro atoms. The summed E-state index contributed by atoms with van der Waals surface area (Å²) in [7, 11) is -4.76. The molecule has 4 rings (SSSR count). The fourth-order valence-electron chi connectivity index (χ4n) is 3.98. The normalized spacial score (nSPS) is 26.2. The van der Waals surface area contributed by atoms with E-state index in [9.17, 15) is 13.2 Å². The average Bonchev–Trinajstić information content (AvgIpc) is 3.22. The van der Waals surface area contributed by atoms with Crippen molar-refractivity contribution in [1.29, 1.82) is 0 Å². The zero-order chi connectivity index (χ0) is 19.7. The molecule has 4 heterocycles. The van der Waals surface area contributed by atoms with Gasteiger partial charge < -0.3 is 19.5 Å². The summed E-state index contributed by atoms with van der Waals surface area (Å²) in [5.41, 5.74) is 0. The standard InChI is InChI=1S/C15H24N6O6S/c22-15-20-10-11(21(15)27-28(23,24)25)3-4-12(20)14-18-17-13(26-14)2-1-7-19-8-5-16-6-9-19/h11-12,16H,1-10H2,(H,23,24,25)/t11-,12+/m1/s1. The Kier molecular flexibility index (Phi) is 5.51. The lowest BCUT2D eigenvalue weighted by Gasteiger charge is -2.27. The molecule has 1 aromatic heterocycles. The maximum absolute atomic E-state index is 12.5. The molecule has 1 aromatic rings. The number of piperidine rings is 1. The van der Waals surface area contributed by atoms with E-state index < -0.39 is 28.5 Å². The SMILES string of the molecule is O=C1N2C[C@@H](CC[C@H]2c2nnc(CCCN3CCNCC3)o2)N1OS(=O)(=O)O. The summed E-state index contributed by atoms with van der Waals surface area (Å²) in [5.74, 6) is 0.877. The molecule has 0 unspecified atom stereocenters. The van der Waals surface area contributed by atoms with E-state index in [-0.39, 0.29) is 6.54 Å². The molecule has 2 N–H and O–H groups in total. The Morgan fingerprint density at radius 3 is 2.79 bits per heavy atom. The number of urea groups is 1. The first-order valence-electron chi connectivity index (χ1n) is 9.43. The minimum Gasteiger partial charge on any atom is -0.423 e. The second kappa shape index (κ2) is 7.91. The number of aryl methyl sites for hydroxylation is 1. The zero-order valence-electron chi connectivity index (χ0n) is 15.4. The average molecular weight is 416 g/mol. The van der Waals surface area contributed by atoms with E-state index in [4.69, 9.17) is 8.97 Å². The van der Waals surface area contributed by atoms with Gasteiger partial charge in [-0.05, 0) is 25.8 Å². The first-order chi connectivity index (χ1) is 13.4. The van der Waals surface area contributed by atoms with Gasteiger partial charge in [-0.1, -0.05) is 0 Å². The van der Waals surface area contributed by atoms with E-state index >= 15 is 0 Å². The van der Waals surface area contributed by atoms with Crippen molar-refractivity contribution in [2.75, 3.05) is 39.3 Å². The van der Waals surface area contributed by atoms with Gasteiger partial charge in [0.2, 0.25) is 11.8 Å². The Balaban J connectivity index is 1.34. The highest BCUT2D eigenvalue weighted by Crippen LogP contribution is 2.38. The molecule has 0 aliphatic carbocycles. The number of hydrogen-bond donors (Lipinski definition) is 2. The van der Waals surface area contributed by atoms with Crippen LogP contribution in [0.4, 0.5) is 4.79 Å². The highest BCUT2D eigenvalue weighted by Gasteiger charge is 2.49. The number of rotatable bonds is 7. The van der Waals surface area contributed by atoms with E-state index in [0.717, 1.165) is 39.1 Å². The van der Waals surface area contributed by atoms with Gasteiger partial charge in [0.1, 0.15) is 6.04 Å². The van der Waals surface area contributed by atoms with Crippen LogP contribution in [-0.4, -0.2) is 89.4 Å². The van der Waals surface area contributed by atoms with Crippen LogP contribution in [0.25, 0.3) is 0 Å². The third-order valence-corrected chi connectivity index (χ3v) is 5.69. The van der Waals surface area contributed by atoms with Gasteiger partial charge in [0.25, 0.3) is 0 Å². The second-order valence-corrected chi connectivity index (χ2v) is 8.24. The Morgan fingerprint density at radius 2 is 2.04 bits per heavy atom. The summed E-state index contributed by atoms with van der Waals surface area (Å²) in [6.07, 6.45) is 2.62. The van der Waals surface area contributed by atoms with Gasteiger partial charge in [-0.15, -0.1) is 14.5 Å². The van der Waals surface area contributed by atoms with Crippen molar-refractivity contribution >= 4 is 16.4 Å². The predicted octanol–water partition coefficient (Wildman–Crippen LogP) is -0.417. The molecule has 13 heteroatoms. The second-order valence-electron chi connectivity index (χ2n) is 7.24. The Bertz CT molecular complexity index is 810. The summed E-state index contributed by atoms with van der Waals surface area (Å²) < 4.78 is 41.0. The largest absolute Gasteiger partial charge is 0.423 e. The lowest BCUT2D eigenvalue weighted by atomic mass is 10.0. The third kappa shape index (κ3) is 4.27. The van der Waals surface area contributed by atoms with Crippen LogP contribution in [0.1, 0.15) is 37.1 Å². The molecule has 12 nitrogen and oxygen atoms in total. The summed E-state index contributed by atoms with van der Waals surface area (Å²) in [6.45, 7) is 5.34. The molecular formula is C15H24N6O6S. The summed E-state index contributed by atoms with van der Waals surface area (Å²) in [5, 5.41) is 12.2. The molecule has 0 aromatic carbocycles. The van der Waals surface area contributed by atoms with Crippen LogP contribution in [0.15, 0.2) is 4.42 Å². The maximum Gasteiger partial charge on any atom is 0.418 e. The number of carbonyl (C=O) groups is 1. The molecule has 2 atom stereocenters. The Hall–Kier alpha value is -1.80. The molecule has 3 saturated heterocycles. The van der Waals surface area contributed by atoms with Crippen molar-refractivity contribution in [2.45, 2.75) is 37.8 Å². The van der Waals surface area contributed by atoms with Gasteiger partial charge >= 0.3 is 16.4 Å². The van der Waals surface area contributed by atoms with Crippen LogP contribution in [0.3, 0.4) is 0 Å². The first-order valence-corrected chi connectivity index (χ1v) is 10.8. The fraction of sp³-hybridized carbons (Fsp3) is 0.800. The van der Waals surface area contributed by atoms with Crippen LogP contribution in [0.2, 0.25) is 0 Å². The predicted molar refractivity (Wildman–Crippen MR) is 94.3 cm³/mol. The van der Waals surface area contributed by atoms with E-state index in [1.807, 2.05) is 0 Å². The van der Waals surface area contributed by atoms with Crippen molar-refractivity contribution < 1.29 is 26.5 Å². The molecular weight excluding hydrogens is 392 g/mol. The smallest absolute Gasteiger partial charge is 0.418 e. The number of carbonyl (C=O) groups excluding carboxylic acids is 1. The summed E-state index contributed by atoms with van der Waals surface area (Å²) >= 11 is 0. The summed E-state index contributed by atoms with van der Waals surface area (Å²) in [4.78, 5) is 16.3. The highest BCUT2D eigenvalue weighted by atomic mass is 32.3. The van der Waals surface area contributed by atoms with Crippen molar-refractivity contribution in [3.8, 4) is 0 Å². The number of aromatic nitrogens is 2. The van der Waals surface area contributed by atoms with Crippen molar-refractivity contribution in [3.05, 3.63) is 11.8 Å². The number of piperazine rings is 1. The van der Waals surface area contributed by atoms with Gasteiger partial charge in [0.15, 0.2) is 0 Å². The monoisotopic (exact) mass is 416 g/mol. The quantitative estimate of drug-likeness (QED) is 0.563. The molecule has 0 radical (unpaired) electrons. The number of nitrogens with one attached hydrogen (secondary N) is 1. The number of fused-ring (bicyclic) bond motifs is 2. The van der Waals surface area contributed by atoms with Gasteiger partial charge in [-0.2, -0.15) is 13.5 Å². The van der Waals surface area contributed by atoms with Crippen molar-refractivity contribution in [3.63, 3.8) is 0 Å². The molecule has 3 fully saturated rings. The highest BCUT2D eigenvalue weighted by molar-refractivity contribution is 7.80. The molecule has 3 aliphatic heterocycles. The van der Waals surface area contributed by atoms with Crippen LogP contribution < -0.4 is 5.32 Å². The lowest BCUT2D eigenvalue weighted by Crippen LogP contribution is -2.43. The van der Waals surface area contributed by atoms with Crippen molar-refractivity contribution in [1.82, 2.24) is 30.4 Å². The number of hydrogen-bond acceptors (Lipinski definition) is 9. The van der Waals surface area contributed by atoms with E-state index in [1.54, 1.807) is 0 Å². The minimum atomic E-state index is -4.76. The fourth-order valence-corrected chi connectivity index (χ4v) is 4.37. The van der Waals surface area contributed by atoms with Gasteiger partial charge in [-0.25, -0.2) is 4.79 Å². The van der Waals surface area contributed by atoms with E-state index in [2.05, 4.69) is 24.7 Å². The van der Waals surface area contributed by atoms with E-state index in [0.29, 0.717) is 36.1 Å². The van der Waals surface area contributed by atoms with E-state index in [1.165, 1.54) is 4.90 Å². The molecule has 0 saturated carbocycles. The molecule has 3 aliphatic rings. The van der Waals surface area contributed by atoms with Crippen molar-refractivity contribution in [2.24, 2.45) is 0 Å². The first kappa shape index (κ1) is 19.5. The summed E-state index contributed by atoms with van der Waals surface area (Å²) in [6, 6.07) is -1.50. The molecule has 28 heavy (non-hydrogen) atoms. The third-order valence-electron chi connectivity index (χ3n) is 5.34. The lowest BCUT2D eigenvalue weighted by molar-refractivity contribution is -0.0317. The number of nitrogens with zero attached hydrogens (tertiary/aromatic N) is 5.